The van der Waals surface area contributed by atoms with Crippen molar-refractivity contribution in [3.05, 3.63) is 83.6 Å². The zero-order valence-corrected chi connectivity index (χ0v) is 15.5. The van der Waals surface area contributed by atoms with Crippen LogP contribution in [0.3, 0.4) is 0 Å². The molecule has 1 heterocycles. The normalized spacial score (nSPS) is 11.6. The Hall–Kier alpha value is -2.83. The summed E-state index contributed by atoms with van der Waals surface area (Å²) in [6.07, 6.45) is 0. The van der Waals surface area contributed by atoms with E-state index in [-0.39, 0.29) is 9.92 Å². The van der Waals surface area contributed by atoms with Gasteiger partial charge in [0.05, 0.1) is 10.7 Å². The summed E-state index contributed by atoms with van der Waals surface area (Å²) in [5, 5.41) is 0.845. The van der Waals surface area contributed by atoms with Crippen molar-refractivity contribution in [2.75, 3.05) is 4.72 Å². The summed E-state index contributed by atoms with van der Waals surface area (Å²) >= 11 is 5.93. The van der Waals surface area contributed by atoms with Gasteiger partial charge in [-0.25, -0.2) is 12.8 Å². The Labute approximate surface area is 160 Å². The zero-order valence-electron chi connectivity index (χ0n) is 13.9. The third kappa shape index (κ3) is 3.41. The van der Waals surface area contributed by atoms with Crippen molar-refractivity contribution in [3.8, 4) is 11.3 Å². The molecule has 0 amide bonds. The fourth-order valence-corrected chi connectivity index (χ4v) is 4.53. The Kier molecular flexibility index (Phi) is 4.37. The van der Waals surface area contributed by atoms with Crippen LogP contribution < -0.4 is 4.72 Å². The van der Waals surface area contributed by atoms with Crippen molar-refractivity contribution >= 4 is 38.2 Å². The van der Waals surface area contributed by atoms with Gasteiger partial charge in [-0.05, 0) is 36.4 Å². The van der Waals surface area contributed by atoms with E-state index < -0.39 is 15.8 Å². The molecule has 0 aliphatic rings. The van der Waals surface area contributed by atoms with Crippen LogP contribution in [0.2, 0.25) is 5.02 Å². The van der Waals surface area contributed by atoms with E-state index in [1.807, 2.05) is 42.5 Å². The highest BCUT2D eigenvalue weighted by Gasteiger charge is 2.20. The summed E-state index contributed by atoms with van der Waals surface area (Å²) in [6.45, 7) is 0. The number of sulfonamides is 1. The molecule has 3 aromatic carbocycles. The maximum atomic E-state index is 13.2. The second-order valence-corrected chi connectivity index (χ2v) is 8.05. The van der Waals surface area contributed by atoms with Gasteiger partial charge in [0, 0.05) is 22.2 Å². The van der Waals surface area contributed by atoms with Crippen LogP contribution in [-0.4, -0.2) is 13.4 Å². The van der Waals surface area contributed by atoms with Gasteiger partial charge in [0.15, 0.2) is 0 Å². The van der Waals surface area contributed by atoms with Crippen molar-refractivity contribution in [2.45, 2.75) is 4.90 Å². The molecule has 4 aromatic rings. The van der Waals surface area contributed by atoms with Crippen molar-refractivity contribution < 1.29 is 12.8 Å². The lowest BCUT2D eigenvalue weighted by Crippen LogP contribution is -2.14. The molecule has 0 fully saturated rings. The molecule has 0 aliphatic heterocycles. The van der Waals surface area contributed by atoms with Crippen molar-refractivity contribution in [3.63, 3.8) is 0 Å². The second-order valence-electron chi connectivity index (χ2n) is 6.00. The highest BCUT2D eigenvalue weighted by molar-refractivity contribution is 7.92. The van der Waals surface area contributed by atoms with Crippen LogP contribution in [0.15, 0.2) is 77.7 Å². The average molecular weight is 401 g/mol. The lowest BCUT2D eigenvalue weighted by atomic mass is 10.1. The lowest BCUT2D eigenvalue weighted by Gasteiger charge is -2.13. The Bertz CT molecular complexity index is 1220. The number of H-pyrrole nitrogens is 1. The molecule has 2 N–H and O–H groups in total. The Morgan fingerprint density at radius 1 is 0.926 bits per heavy atom. The minimum atomic E-state index is -3.98. The standard InChI is InChI=1S/C20H14ClFN2O2S/c21-16-12-14(22)9-10-20(16)27(25,26)24-18-8-4-2-6-15(18)19-11-13-5-1-3-7-17(13)23-19/h1-12,23-24H. The number of nitrogens with one attached hydrogen (secondary N) is 2. The number of hydrogen-bond acceptors (Lipinski definition) is 2. The first-order chi connectivity index (χ1) is 12.9. The fraction of sp³-hybridized carbons (Fsp3) is 0. The maximum Gasteiger partial charge on any atom is 0.263 e. The Morgan fingerprint density at radius 2 is 1.67 bits per heavy atom. The molecule has 27 heavy (non-hydrogen) atoms. The number of halogens is 2. The smallest absolute Gasteiger partial charge is 0.263 e. The Balaban J connectivity index is 1.77. The van der Waals surface area contributed by atoms with Crippen LogP contribution in [0.4, 0.5) is 10.1 Å². The van der Waals surface area contributed by atoms with Crippen LogP contribution in [0, 0.1) is 5.82 Å². The minimum Gasteiger partial charge on any atom is -0.354 e. The van der Waals surface area contributed by atoms with Crippen LogP contribution in [0.5, 0.6) is 0 Å². The van der Waals surface area contributed by atoms with Crippen LogP contribution in [0.1, 0.15) is 0 Å². The summed E-state index contributed by atoms with van der Waals surface area (Å²) in [7, 11) is -3.98. The summed E-state index contributed by atoms with van der Waals surface area (Å²) < 4.78 is 41.3. The first-order valence-corrected chi connectivity index (χ1v) is 9.95. The van der Waals surface area contributed by atoms with Gasteiger partial charge in [0.25, 0.3) is 10.0 Å². The average Bonchev–Trinajstić information content (AvgIpc) is 3.05. The molecule has 0 aliphatic carbocycles. The molecule has 136 valence electrons. The van der Waals surface area contributed by atoms with E-state index in [4.69, 9.17) is 11.6 Å². The number of anilines is 1. The lowest BCUT2D eigenvalue weighted by molar-refractivity contribution is 0.600. The molecule has 1 aromatic heterocycles. The Morgan fingerprint density at radius 3 is 2.44 bits per heavy atom. The molecule has 0 atom stereocenters. The van der Waals surface area contributed by atoms with Gasteiger partial charge in [-0.3, -0.25) is 4.72 Å². The molecule has 4 rings (SSSR count). The highest BCUT2D eigenvalue weighted by Crippen LogP contribution is 2.32. The number of benzene rings is 3. The van der Waals surface area contributed by atoms with E-state index in [9.17, 15) is 12.8 Å². The zero-order chi connectivity index (χ0) is 19.0. The predicted octanol–water partition coefficient (Wildman–Crippen LogP) is 5.43. The van der Waals surface area contributed by atoms with E-state index >= 15 is 0 Å². The monoisotopic (exact) mass is 400 g/mol. The van der Waals surface area contributed by atoms with E-state index in [2.05, 4.69) is 9.71 Å². The van der Waals surface area contributed by atoms with E-state index in [1.165, 1.54) is 0 Å². The summed E-state index contributed by atoms with van der Waals surface area (Å²) in [6, 6.07) is 19.9. The molecule has 0 radical (unpaired) electrons. The van der Waals surface area contributed by atoms with Crippen LogP contribution in [0.25, 0.3) is 22.2 Å². The molecular weight excluding hydrogens is 387 g/mol. The van der Waals surface area contributed by atoms with Gasteiger partial charge in [0.2, 0.25) is 0 Å². The molecule has 0 bridgehead atoms. The summed E-state index contributed by atoms with van der Waals surface area (Å²) in [4.78, 5) is 3.10. The SMILES string of the molecule is O=S(=O)(Nc1ccccc1-c1cc2ccccc2[nH]1)c1ccc(F)cc1Cl. The molecule has 7 heteroatoms. The quantitative estimate of drug-likeness (QED) is 0.480. The van der Waals surface area contributed by atoms with E-state index in [0.29, 0.717) is 11.3 Å². The van der Waals surface area contributed by atoms with Gasteiger partial charge in [-0.2, -0.15) is 0 Å². The van der Waals surface area contributed by atoms with Gasteiger partial charge < -0.3 is 4.98 Å². The van der Waals surface area contributed by atoms with Gasteiger partial charge in [-0.1, -0.05) is 48.0 Å². The number of rotatable bonds is 4. The molecule has 4 nitrogen and oxygen atoms in total. The van der Waals surface area contributed by atoms with E-state index in [1.54, 1.807) is 12.1 Å². The minimum absolute atomic E-state index is 0.175. The number of aromatic amines is 1. The highest BCUT2D eigenvalue weighted by atomic mass is 35.5. The van der Waals surface area contributed by atoms with E-state index in [0.717, 1.165) is 34.8 Å². The number of aromatic nitrogens is 1. The first-order valence-electron chi connectivity index (χ1n) is 8.09. The second kappa shape index (κ2) is 6.72. The molecule has 0 saturated heterocycles. The van der Waals surface area contributed by atoms with Gasteiger partial charge >= 0.3 is 0 Å². The molecular formula is C20H14ClFN2O2S. The molecule has 0 unspecified atom stereocenters. The third-order valence-corrected chi connectivity index (χ3v) is 6.02. The first kappa shape index (κ1) is 17.6. The number of para-hydroxylation sites is 2. The predicted molar refractivity (Wildman–Crippen MR) is 106 cm³/mol. The third-order valence-electron chi connectivity index (χ3n) is 4.17. The maximum absolute atomic E-state index is 13.2. The van der Waals surface area contributed by atoms with Gasteiger partial charge in [-0.15, -0.1) is 0 Å². The van der Waals surface area contributed by atoms with Crippen molar-refractivity contribution in [1.82, 2.24) is 4.98 Å². The van der Waals surface area contributed by atoms with Crippen molar-refractivity contribution in [1.29, 1.82) is 0 Å². The largest absolute Gasteiger partial charge is 0.354 e. The summed E-state index contributed by atoms with van der Waals surface area (Å²) in [5.41, 5.74) is 2.81. The molecule has 0 spiro atoms. The number of fused-ring (bicyclic) bond motifs is 1. The number of hydrogen-bond donors (Lipinski definition) is 2. The van der Waals surface area contributed by atoms with Gasteiger partial charge in [0.1, 0.15) is 10.7 Å². The van der Waals surface area contributed by atoms with Crippen molar-refractivity contribution in [2.24, 2.45) is 0 Å². The molecule has 0 saturated carbocycles. The fourth-order valence-electron chi connectivity index (χ4n) is 2.92. The summed E-state index contributed by atoms with van der Waals surface area (Å²) in [5.74, 6) is -0.600. The van der Waals surface area contributed by atoms with Crippen LogP contribution in [-0.2, 0) is 10.0 Å². The topological polar surface area (TPSA) is 62.0 Å². The van der Waals surface area contributed by atoms with Crippen LogP contribution >= 0.6 is 11.6 Å².